The molecule has 0 aliphatic rings. The molecule has 0 saturated heterocycles. The van der Waals surface area contributed by atoms with E-state index in [0.29, 0.717) is 0 Å². The van der Waals surface area contributed by atoms with Gasteiger partial charge in [-0.3, -0.25) is 0 Å². The summed E-state index contributed by atoms with van der Waals surface area (Å²) >= 11 is 0. The number of nitrogens with zero attached hydrogens (tertiary/aromatic N) is 1. The molecule has 0 amide bonds. The zero-order valence-corrected chi connectivity index (χ0v) is 11.7. The van der Waals surface area contributed by atoms with E-state index in [4.69, 9.17) is 0 Å². The first-order valence-electron chi connectivity index (χ1n) is 6.98. The Morgan fingerprint density at radius 3 is 2.45 bits per heavy atom. The fourth-order valence-corrected chi connectivity index (χ4v) is 3.27. The number of pyridine rings is 2. The molecule has 0 unspecified atom stereocenters. The van der Waals surface area contributed by atoms with Crippen molar-refractivity contribution in [2.75, 3.05) is 0 Å². The Balaban J connectivity index is 2.38. The smallest absolute Gasteiger partial charge is 0.164 e. The second kappa shape index (κ2) is 4.04. The summed E-state index contributed by atoms with van der Waals surface area (Å²) in [5, 5.41) is 5.36. The van der Waals surface area contributed by atoms with Crippen LogP contribution in [0.1, 0.15) is 11.3 Å². The van der Waals surface area contributed by atoms with Gasteiger partial charge in [0, 0.05) is 24.6 Å². The van der Waals surface area contributed by atoms with E-state index in [1.165, 1.54) is 38.3 Å². The quantitative estimate of drug-likeness (QED) is 0.251. The number of hydrogen-bond acceptors (Lipinski definition) is 0. The van der Waals surface area contributed by atoms with E-state index in [0.717, 1.165) is 0 Å². The topological polar surface area (TPSA) is 4.10 Å². The van der Waals surface area contributed by atoms with Gasteiger partial charge < -0.3 is 0 Å². The highest BCUT2D eigenvalue weighted by Crippen LogP contribution is 2.29. The molecule has 4 aromatic rings. The maximum Gasteiger partial charge on any atom is 0.214 e. The monoisotopic (exact) mass is 258 g/mol. The van der Waals surface area contributed by atoms with E-state index in [1.54, 1.807) is 0 Å². The highest BCUT2D eigenvalue weighted by molar-refractivity contribution is 6.10. The van der Waals surface area contributed by atoms with Crippen molar-refractivity contribution in [2.45, 2.75) is 13.8 Å². The number of hydrogen-bond donors (Lipinski definition) is 0. The van der Waals surface area contributed by atoms with Crippen molar-refractivity contribution in [1.29, 1.82) is 0 Å². The van der Waals surface area contributed by atoms with Gasteiger partial charge in [0.1, 0.15) is 0 Å². The van der Waals surface area contributed by atoms with Crippen LogP contribution in [-0.4, -0.2) is 0 Å². The van der Waals surface area contributed by atoms with Crippen LogP contribution in [-0.2, 0) is 0 Å². The van der Waals surface area contributed by atoms with E-state index >= 15 is 0 Å². The van der Waals surface area contributed by atoms with Gasteiger partial charge in [-0.05, 0) is 29.1 Å². The predicted octanol–water partition coefficient (Wildman–Crippen LogP) is 4.35. The van der Waals surface area contributed by atoms with Crippen molar-refractivity contribution in [3.05, 3.63) is 72.1 Å². The van der Waals surface area contributed by atoms with Crippen LogP contribution in [0.5, 0.6) is 0 Å². The standard InChI is InChI=1S/C19H16N/c1-13-16-11-10-15-7-3-4-8-17(15)19(16)14(2)20-12-6-5-9-18(13)20/h3-12H,1-2H3/q+1. The minimum Gasteiger partial charge on any atom is -0.164 e. The van der Waals surface area contributed by atoms with E-state index in [2.05, 4.69) is 79.0 Å². The van der Waals surface area contributed by atoms with E-state index in [-0.39, 0.29) is 0 Å². The van der Waals surface area contributed by atoms with Crippen LogP contribution < -0.4 is 4.40 Å². The Labute approximate surface area is 118 Å². The minimum absolute atomic E-state index is 1.28. The summed E-state index contributed by atoms with van der Waals surface area (Å²) in [6, 6.07) is 19.5. The summed E-state index contributed by atoms with van der Waals surface area (Å²) in [7, 11) is 0. The number of aromatic nitrogens is 1. The summed E-state index contributed by atoms with van der Waals surface area (Å²) in [4.78, 5) is 0. The van der Waals surface area contributed by atoms with Crippen molar-refractivity contribution >= 4 is 27.1 Å². The van der Waals surface area contributed by atoms with Crippen LogP contribution in [0.2, 0.25) is 0 Å². The third-order valence-corrected chi connectivity index (χ3v) is 4.30. The second-order valence-electron chi connectivity index (χ2n) is 5.38. The molecule has 0 N–H and O–H groups in total. The first-order chi connectivity index (χ1) is 9.77. The second-order valence-corrected chi connectivity index (χ2v) is 5.38. The van der Waals surface area contributed by atoms with Gasteiger partial charge in [-0.1, -0.05) is 36.4 Å². The summed E-state index contributed by atoms with van der Waals surface area (Å²) < 4.78 is 2.30. The largest absolute Gasteiger partial charge is 0.214 e. The molecular formula is C19H16N+. The van der Waals surface area contributed by atoms with Crippen molar-refractivity contribution in [2.24, 2.45) is 0 Å². The predicted molar refractivity (Wildman–Crippen MR) is 84.1 cm³/mol. The molecule has 0 spiro atoms. The average molecular weight is 258 g/mol. The van der Waals surface area contributed by atoms with Crippen LogP contribution in [0.25, 0.3) is 27.1 Å². The first kappa shape index (κ1) is 11.4. The zero-order valence-electron chi connectivity index (χ0n) is 11.7. The summed E-state index contributed by atoms with van der Waals surface area (Å²) in [6.45, 7) is 4.42. The van der Waals surface area contributed by atoms with Gasteiger partial charge in [0.25, 0.3) is 0 Å². The molecule has 4 rings (SSSR count). The van der Waals surface area contributed by atoms with Crippen LogP contribution in [0.15, 0.2) is 60.8 Å². The fraction of sp³-hybridized carbons (Fsp3) is 0.105. The molecule has 0 aliphatic heterocycles. The lowest BCUT2D eigenvalue weighted by Gasteiger charge is -2.08. The molecule has 0 fully saturated rings. The first-order valence-corrected chi connectivity index (χ1v) is 6.98. The molecule has 0 aliphatic carbocycles. The van der Waals surface area contributed by atoms with Crippen molar-refractivity contribution in [3.8, 4) is 0 Å². The summed E-state index contributed by atoms with van der Waals surface area (Å²) in [6.07, 6.45) is 2.15. The highest BCUT2D eigenvalue weighted by atomic mass is 14.9. The van der Waals surface area contributed by atoms with Crippen LogP contribution in [0.4, 0.5) is 0 Å². The van der Waals surface area contributed by atoms with Gasteiger partial charge in [-0.25, -0.2) is 0 Å². The van der Waals surface area contributed by atoms with Gasteiger partial charge in [-0.2, -0.15) is 4.40 Å². The number of rotatable bonds is 0. The Morgan fingerprint density at radius 1 is 0.750 bits per heavy atom. The number of fused-ring (bicyclic) bond motifs is 4. The lowest BCUT2D eigenvalue weighted by Crippen LogP contribution is -2.26. The number of aryl methyl sites for hydroxylation is 2. The van der Waals surface area contributed by atoms with E-state index < -0.39 is 0 Å². The van der Waals surface area contributed by atoms with Gasteiger partial charge in [0.2, 0.25) is 5.52 Å². The SMILES string of the molecule is Cc1c2ccc3ccccc3c2c(C)[n+]2ccccc12. The highest BCUT2D eigenvalue weighted by Gasteiger charge is 2.17. The average Bonchev–Trinajstić information content (AvgIpc) is 2.51. The molecule has 2 aromatic carbocycles. The Morgan fingerprint density at radius 2 is 1.55 bits per heavy atom. The molecule has 96 valence electrons. The minimum atomic E-state index is 1.28. The maximum atomic E-state index is 2.30. The molecule has 2 aromatic heterocycles. The Kier molecular flexibility index (Phi) is 2.31. The summed E-state index contributed by atoms with van der Waals surface area (Å²) in [5.74, 6) is 0. The van der Waals surface area contributed by atoms with Gasteiger partial charge >= 0.3 is 0 Å². The Bertz CT molecular complexity index is 967. The fourth-order valence-electron chi connectivity index (χ4n) is 3.27. The third-order valence-electron chi connectivity index (χ3n) is 4.30. The summed E-state index contributed by atoms with van der Waals surface area (Å²) in [5.41, 5.74) is 3.93. The van der Waals surface area contributed by atoms with Crippen molar-refractivity contribution < 1.29 is 4.40 Å². The lowest BCUT2D eigenvalue weighted by atomic mass is 9.97. The van der Waals surface area contributed by atoms with Crippen LogP contribution in [0, 0.1) is 13.8 Å². The molecular weight excluding hydrogens is 242 g/mol. The van der Waals surface area contributed by atoms with Gasteiger partial charge in [0.05, 0.1) is 5.39 Å². The molecule has 0 saturated carbocycles. The molecule has 20 heavy (non-hydrogen) atoms. The normalized spacial score (nSPS) is 11.5. The van der Waals surface area contributed by atoms with Gasteiger partial charge in [0.15, 0.2) is 11.9 Å². The number of benzene rings is 2. The lowest BCUT2D eigenvalue weighted by molar-refractivity contribution is -0.518. The molecule has 1 nitrogen and oxygen atoms in total. The maximum absolute atomic E-state index is 2.30. The van der Waals surface area contributed by atoms with Crippen molar-refractivity contribution in [1.82, 2.24) is 0 Å². The molecule has 2 heterocycles. The molecule has 0 bridgehead atoms. The molecule has 0 radical (unpaired) electrons. The third kappa shape index (κ3) is 1.41. The van der Waals surface area contributed by atoms with Gasteiger partial charge in [-0.15, -0.1) is 0 Å². The molecule has 0 atom stereocenters. The Hall–Kier alpha value is -2.41. The van der Waals surface area contributed by atoms with Crippen molar-refractivity contribution in [3.63, 3.8) is 0 Å². The van der Waals surface area contributed by atoms with Crippen LogP contribution >= 0.6 is 0 Å². The van der Waals surface area contributed by atoms with E-state index in [9.17, 15) is 0 Å². The van der Waals surface area contributed by atoms with Crippen LogP contribution in [0.3, 0.4) is 0 Å². The van der Waals surface area contributed by atoms with E-state index in [1.807, 2.05) is 0 Å². The zero-order chi connectivity index (χ0) is 13.7. The molecule has 1 heteroatoms.